The van der Waals surface area contributed by atoms with E-state index in [1.165, 1.54) is 24.3 Å². The summed E-state index contributed by atoms with van der Waals surface area (Å²) in [5, 5.41) is 20.1. The monoisotopic (exact) mass is 599 g/mol. The highest BCUT2D eigenvalue weighted by atomic mass is 32.2. The number of hydrogen-bond acceptors (Lipinski definition) is 7. The van der Waals surface area contributed by atoms with Crippen molar-refractivity contribution >= 4 is 15.9 Å². The summed E-state index contributed by atoms with van der Waals surface area (Å²) in [6.07, 6.45) is 2.99. The molecule has 0 radical (unpaired) electrons. The number of hydrogen-bond donors (Lipinski definition) is 1. The number of aryl methyl sites for hydroxylation is 1. The van der Waals surface area contributed by atoms with Gasteiger partial charge in [0.05, 0.1) is 23.8 Å². The molecule has 3 aromatic carbocycles. The smallest absolute Gasteiger partial charge is 0.339 e. The highest BCUT2D eigenvalue weighted by molar-refractivity contribution is 7.87. The van der Waals surface area contributed by atoms with E-state index in [9.17, 15) is 22.7 Å². The molecule has 10 heteroatoms. The molecule has 0 amide bonds. The van der Waals surface area contributed by atoms with Crippen molar-refractivity contribution in [1.29, 1.82) is 0 Å². The number of ketones is 1. The second kappa shape index (κ2) is 9.42. The van der Waals surface area contributed by atoms with Crippen LogP contribution < -0.4 is 4.18 Å². The third-order valence-corrected chi connectivity index (χ3v) is 11.0. The first kappa shape index (κ1) is 27.7. The van der Waals surface area contributed by atoms with Crippen molar-refractivity contribution in [1.82, 2.24) is 15.0 Å². The molecule has 43 heavy (non-hydrogen) atoms. The molecule has 1 aromatic heterocycles. The molecule has 7 rings (SSSR count). The van der Waals surface area contributed by atoms with Gasteiger partial charge in [0.15, 0.2) is 5.78 Å². The number of halogens is 1. The quantitative estimate of drug-likeness (QED) is 0.234. The summed E-state index contributed by atoms with van der Waals surface area (Å²) in [4.78, 5) is 14.1. The van der Waals surface area contributed by atoms with E-state index in [0.29, 0.717) is 29.7 Å². The van der Waals surface area contributed by atoms with Crippen LogP contribution in [-0.2, 0) is 21.5 Å². The molecule has 1 heterocycles. The van der Waals surface area contributed by atoms with Crippen molar-refractivity contribution in [3.05, 3.63) is 107 Å². The average molecular weight is 600 g/mol. The van der Waals surface area contributed by atoms with Crippen molar-refractivity contribution in [2.24, 2.45) is 5.41 Å². The van der Waals surface area contributed by atoms with E-state index < -0.39 is 27.1 Å². The van der Waals surface area contributed by atoms with E-state index in [0.717, 1.165) is 16.7 Å². The molecule has 2 bridgehead atoms. The number of nitrogens with zero attached hydrogens (tertiary/aromatic N) is 3. The van der Waals surface area contributed by atoms with Crippen LogP contribution >= 0.6 is 0 Å². The molecule has 0 saturated heterocycles. The fourth-order valence-electron chi connectivity index (χ4n) is 7.58. The van der Waals surface area contributed by atoms with Crippen molar-refractivity contribution in [3.8, 4) is 17.0 Å². The van der Waals surface area contributed by atoms with Gasteiger partial charge in [0.2, 0.25) is 0 Å². The van der Waals surface area contributed by atoms with Crippen LogP contribution in [-0.4, -0.2) is 39.9 Å². The van der Waals surface area contributed by atoms with E-state index in [-0.39, 0.29) is 46.7 Å². The minimum atomic E-state index is -4.12. The molecule has 4 aromatic rings. The van der Waals surface area contributed by atoms with Gasteiger partial charge in [0.1, 0.15) is 22.2 Å². The molecule has 8 nitrogen and oxygen atoms in total. The number of Topliss-reactive ketones (excluding diaryl/α,β-unsaturated/α-hetero) is 1. The molecule has 1 N–H and O–H groups in total. The van der Waals surface area contributed by atoms with Crippen LogP contribution in [0.4, 0.5) is 4.39 Å². The normalized spacial score (nSPS) is 26.0. The van der Waals surface area contributed by atoms with Gasteiger partial charge in [-0.3, -0.25) is 9.48 Å². The fraction of sp³-hybridized carbons (Fsp3) is 0.303. The molecule has 220 valence electrons. The lowest BCUT2D eigenvalue weighted by molar-refractivity contribution is -0.126. The van der Waals surface area contributed by atoms with Crippen LogP contribution in [0.15, 0.2) is 83.9 Å². The van der Waals surface area contributed by atoms with Gasteiger partial charge in [-0.1, -0.05) is 35.6 Å². The Labute approximate surface area is 249 Å². The van der Waals surface area contributed by atoms with E-state index >= 15 is 0 Å². The van der Waals surface area contributed by atoms with Crippen LogP contribution in [0, 0.1) is 25.1 Å². The maximum Gasteiger partial charge on any atom is 0.339 e. The first-order valence-corrected chi connectivity index (χ1v) is 15.6. The Kier molecular flexibility index (Phi) is 6.06. The van der Waals surface area contributed by atoms with Crippen molar-refractivity contribution in [2.75, 3.05) is 0 Å². The summed E-state index contributed by atoms with van der Waals surface area (Å²) in [5.41, 5.74) is 2.55. The van der Waals surface area contributed by atoms with Crippen molar-refractivity contribution in [2.45, 2.75) is 62.0 Å². The number of aromatic nitrogens is 3. The lowest BCUT2D eigenvalue weighted by atomic mass is 9.62. The zero-order valence-electron chi connectivity index (χ0n) is 23.7. The summed E-state index contributed by atoms with van der Waals surface area (Å²) in [6, 6.07) is 15.9. The first-order valence-electron chi connectivity index (χ1n) is 14.2. The molecule has 3 aliphatic rings. The Hall–Kier alpha value is -4.15. The standard InChI is InChI=1S/C33H30FN3O5S/c1-19-4-10-24(11-5-19)43(40,41)42-29-13-12-25-26-14-15-32(39)18-33(26,31(38)21(32)3)27(30(25)20(29)2)16-37-17-28(35-36-37)22-6-8-23(34)9-7-22/h4-13,17,26-27,39H,3,14-16,18H2,1-2H3/t26-,27-,32-,33+/m0/s1. The highest BCUT2D eigenvalue weighted by Crippen LogP contribution is 2.70. The van der Waals surface area contributed by atoms with Gasteiger partial charge in [-0.15, -0.1) is 5.10 Å². The Morgan fingerprint density at radius 2 is 1.81 bits per heavy atom. The summed E-state index contributed by atoms with van der Waals surface area (Å²) in [6.45, 7) is 7.96. The largest absolute Gasteiger partial charge is 0.385 e. The molecule has 0 unspecified atom stereocenters. The number of fused-ring (bicyclic) bond motifs is 3. The Morgan fingerprint density at radius 1 is 1.09 bits per heavy atom. The summed E-state index contributed by atoms with van der Waals surface area (Å²) in [5.74, 6) is -0.969. The van der Waals surface area contributed by atoms with Gasteiger partial charge in [-0.05, 0) is 98.2 Å². The van der Waals surface area contributed by atoms with Gasteiger partial charge < -0.3 is 9.29 Å². The number of carbonyl (C=O) groups excluding carboxylic acids is 1. The van der Waals surface area contributed by atoms with Crippen molar-refractivity contribution < 1.29 is 26.9 Å². The van der Waals surface area contributed by atoms with Crippen LogP contribution in [0.5, 0.6) is 5.75 Å². The minimum absolute atomic E-state index is 0.0464. The zero-order valence-corrected chi connectivity index (χ0v) is 24.6. The molecule has 1 spiro atoms. The van der Waals surface area contributed by atoms with Gasteiger partial charge in [-0.2, -0.15) is 8.42 Å². The lowest BCUT2D eigenvalue weighted by Crippen LogP contribution is -2.41. The number of benzene rings is 3. The fourth-order valence-corrected chi connectivity index (χ4v) is 8.56. The van der Waals surface area contributed by atoms with Crippen LogP contribution in [0.3, 0.4) is 0 Å². The Balaban J connectivity index is 1.32. The van der Waals surface area contributed by atoms with Gasteiger partial charge in [-0.25, -0.2) is 4.39 Å². The van der Waals surface area contributed by atoms with E-state index in [2.05, 4.69) is 16.9 Å². The van der Waals surface area contributed by atoms with Crippen LogP contribution in [0.2, 0.25) is 0 Å². The molecule has 0 aliphatic heterocycles. The SMILES string of the molecule is C=C1C(=O)[C@]23C[C@@]1(O)CC[C@H]2c1ccc(OS(=O)(=O)c2ccc(C)cc2)c(C)c1[C@@H]3Cn1cc(-c2ccc(F)cc2)nn1. The van der Waals surface area contributed by atoms with E-state index in [1.54, 1.807) is 41.2 Å². The minimum Gasteiger partial charge on any atom is -0.385 e. The summed E-state index contributed by atoms with van der Waals surface area (Å²) in [7, 11) is -4.12. The Bertz CT molecular complexity index is 1920. The van der Waals surface area contributed by atoms with Gasteiger partial charge in [0, 0.05) is 17.1 Å². The molecule has 4 atom stereocenters. The predicted molar refractivity (Wildman–Crippen MR) is 156 cm³/mol. The lowest BCUT2D eigenvalue weighted by Gasteiger charge is -2.41. The molecular weight excluding hydrogens is 569 g/mol. The van der Waals surface area contributed by atoms with Crippen LogP contribution in [0.25, 0.3) is 11.3 Å². The number of aliphatic hydroxyl groups is 1. The maximum absolute atomic E-state index is 14.1. The maximum atomic E-state index is 14.1. The third kappa shape index (κ3) is 4.11. The second-order valence-electron chi connectivity index (χ2n) is 12.1. The highest BCUT2D eigenvalue weighted by Gasteiger charge is 2.69. The first-order chi connectivity index (χ1) is 20.4. The number of carbonyl (C=O) groups is 1. The molecule has 2 fully saturated rings. The van der Waals surface area contributed by atoms with Crippen molar-refractivity contribution in [3.63, 3.8) is 0 Å². The molecule has 2 saturated carbocycles. The zero-order chi connectivity index (χ0) is 30.3. The van der Waals surface area contributed by atoms with E-state index in [1.807, 2.05) is 19.9 Å². The van der Waals surface area contributed by atoms with Gasteiger partial charge >= 0.3 is 10.1 Å². The van der Waals surface area contributed by atoms with Crippen LogP contribution in [0.1, 0.15) is 53.4 Å². The van der Waals surface area contributed by atoms with E-state index in [4.69, 9.17) is 4.18 Å². The molecule has 3 aliphatic carbocycles. The number of rotatable bonds is 6. The van der Waals surface area contributed by atoms with Gasteiger partial charge in [0.25, 0.3) is 0 Å². The predicted octanol–water partition coefficient (Wildman–Crippen LogP) is 5.39. The summed E-state index contributed by atoms with van der Waals surface area (Å²) >= 11 is 0. The Morgan fingerprint density at radius 3 is 2.53 bits per heavy atom. The second-order valence-corrected chi connectivity index (χ2v) is 13.6. The topological polar surface area (TPSA) is 111 Å². The third-order valence-electron chi connectivity index (χ3n) is 9.71. The molecular formula is C33H30FN3O5S. The summed E-state index contributed by atoms with van der Waals surface area (Å²) < 4.78 is 47.3. The average Bonchev–Trinajstić information content (AvgIpc) is 3.59.